The zero-order valence-electron chi connectivity index (χ0n) is 21.3. The predicted octanol–water partition coefficient (Wildman–Crippen LogP) is 6.63. The average Bonchev–Trinajstić information content (AvgIpc) is 2.89. The summed E-state index contributed by atoms with van der Waals surface area (Å²) in [6.45, 7) is 7.32. The molecule has 0 radical (unpaired) electrons. The molecule has 184 valence electrons. The summed E-state index contributed by atoms with van der Waals surface area (Å²) in [6.07, 6.45) is 12.2. The maximum absolute atomic E-state index is 10.9. The number of rotatable bonds is 6. The minimum absolute atomic E-state index is 0.341. The molecule has 0 spiro atoms. The average molecular weight is 487 g/mol. The van der Waals surface area contributed by atoms with Crippen LogP contribution in [0.15, 0.2) is 66.7 Å². The van der Waals surface area contributed by atoms with Gasteiger partial charge in [0, 0.05) is 12.6 Å². The highest BCUT2D eigenvalue weighted by Crippen LogP contribution is 2.65. The molecule has 1 aliphatic rings. The van der Waals surface area contributed by atoms with E-state index in [1.165, 1.54) is 37.7 Å². The number of benzene rings is 4. The third-order valence-corrected chi connectivity index (χ3v) is 14.0. The monoisotopic (exact) mass is 487 g/mol. The van der Waals surface area contributed by atoms with E-state index in [-0.39, 0.29) is 0 Å². The van der Waals surface area contributed by atoms with Gasteiger partial charge < -0.3 is 14.7 Å². The predicted molar refractivity (Wildman–Crippen MR) is 151 cm³/mol. The quantitative estimate of drug-likeness (QED) is 0.133. The molecule has 4 aromatic rings. The molecule has 35 heavy (non-hydrogen) atoms. The van der Waals surface area contributed by atoms with Gasteiger partial charge in [0.2, 0.25) is 0 Å². The van der Waals surface area contributed by atoms with Gasteiger partial charge >= 0.3 is 0 Å². The van der Waals surface area contributed by atoms with Crippen LogP contribution in [0.5, 0.6) is 5.75 Å². The van der Waals surface area contributed by atoms with Crippen LogP contribution in [0, 0.1) is 0 Å². The second-order valence-electron chi connectivity index (χ2n) is 9.71. The van der Waals surface area contributed by atoms with Crippen LogP contribution in [0.3, 0.4) is 0 Å². The van der Waals surface area contributed by atoms with E-state index in [0.29, 0.717) is 5.75 Å². The van der Waals surface area contributed by atoms with Gasteiger partial charge in [0.05, 0.1) is 24.1 Å². The number of hydrogen-bond acceptors (Lipinski definition) is 3. The summed E-state index contributed by atoms with van der Waals surface area (Å²) < 4.78 is 4.94. The van der Waals surface area contributed by atoms with Gasteiger partial charge in [-0.15, -0.1) is 0 Å². The summed E-state index contributed by atoms with van der Waals surface area (Å²) in [5, 5.41) is 27.9. The van der Waals surface area contributed by atoms with Crippen molar-refractivity contribution >= 4 is 46.9 Å². The smallest absolute Gasteiger partial charge is 0.133 e. The molecule has 0 heterocycles. The highest BCUT2D eigenvalue weighted by molar-refractivity contribution is 7.76. The van der Waals surface area contributed by atoms with Crippen molar-refractivity contribution in [2.24, 2.45) is 0 Å². The maximum Gasteiger partial charge on any atom is 0.133 e. The van der Waals surface area contributed by atoms with Crippen LogP contribution >= 0.6 is 7.26 Å². The van der Waals surface area contributed by atoms with Crippen LogP contribution in [0.25, 0.3) is 32.3 Å². The first-order chi connectivity index (χ1) is 17.0. The Hall–Kier alpha value is -2.13. The Kier molecular flexibility index (Phi) is 8.70. The van der Waals surface area contributed by atoms with Crippen LogP contribution in [0.4, 0.5) is 0 Å². The van der Waals surface area contributed by atoms with Crippen molar-refractivity contribution in [3.8, 4) is 5.75 Å². The van der Waals surface area contributed by atoms with Gasteiger partial charge in [-0.25, -0.2) is 0 Å². The topological polar surface area (TPSA) is 55.3 Å². The van der Waals surface area contributed by atoms with Gasteiger partial charge in [-0.3, -0.25) is 0 Å². The molecular weight excluding hydrogens is 450 g/mol. The SMILES string of the molecule is CC[P+](CC)(CC)C1CCCCC1.[O-]B([O-])Oc1cccc2ccc3cc4ccccc4cc3c12. The summed E-state index contributed by atoms with van der Waals surface area (Å²) in [6, 6.07) is 21.7. The van der Waals surface area contributed by atoms with Gasteiger partial charge in [-0.05, 0) is 91.6 Å². The lowest BCUT2D eigenvalue weighted by atomic mass is 9.97. The molecule has 0 aromatic heterocycles. The standard InChI is InChI=1S/C18H11BO3.C12H26P/c20-19(21)22-17-7-3-6-12-8-9-15-10-13-4-1-2-5-14(13)11-16(15)18(12)17;1-4-13(5-2,6-3)12-10-8-7-9-11-12/h1-11H;12H,4-11H2,1-3H3/q-2;+1. The Labute approximate surface area is 211 Å². The van der Waals surface area contributed by atoms with Crippen molar-refractivity contribution in [1.82, 2.24) is 0 Å². The molecule has 1 aliphatic carbocycles. The van der Waals surface area contributed by atoms with Crippen LogP contribution < -0.4 is 14.7 Å². The minimum atomic E-state index is -2.33. The van der Waals surface area contributed by atoms with E-state index < -0.39 is 14.6 Å². The summed E-state index contributed by atoms with van der Waals surface area (Å²) in [4.78, 5) is 0. The second kappa shape index (κ2) is 11.7. The third kappa shape index (κ3) is 5.66. The van der Waals surface area contributed by atoms with Gasteiger partial charge in [-0.1, -0.05) is 55.0 Å². The van der Waals surface area contributed by atoms with E-state index in [0.717, 1.165) is 38.0 Å². The molecule has 5 heteroatoms. The fraction of sp³-hybridized carbons (Fsp3) is 0.400. The zero-order chi connectivity index (χ0) is 24.8. The molecule has 0 saturated heterocycles. The molecular formula is C30H37BO3P-. The molecule has 0 aliphatic heterocycles. The first-order valence-electron chi connectivity index (χ1n) is 13.2. The van der Waals surface area contributed by atoms with Crippen LogP contribution in [0.1, 0.15) is 52.9 Å². The molecule has 1 saturated carbocycles. The van der Waals surface area contributed by atoms with Crippen LogP contribution in [-0.2, 0) is 0 Å². The molecule has 0 atom stereocenters. The van der Waals surface area contributed by atoms with Crippen molar-refractivity contribution < 1.29 is 14.7 Å². The Morgan fingerprint density at radius 3 is 1.97 bits per heavy atom. The Morgan fingerprint density at radius 1 is 0.743 bits per heavy atom. The summed E-state index contributed by atoms with van der Waals surface area (Å²) in [5.41, 5.74) is 1.15. The van der Waals surface area contributed by atoms with Crippen molar-refractivity contribution in [1.29, 1.82) is 0 Å². The van der Waals surface area contributed by atoms with Crippen molar-refractivity contribution in [3.05, 3.63) is 66.7 Å². The normalized spacial score (nSPS) is 14.7. The van der Waals surface area contributed by atoms with Gasteiger partial charge in [0.15, 0.2) is 0 Å². The second-order valence-corrected chi connectivity index (χ2v) is 14.8. The number of hydrogen-bond donors (Lipinski definition) is 0. The van der Waals surface area contributed by atoms with Crippen molar-refractivity contribution in [2.75, 3.05) is 18.5 Å². The Balaban J connectivity index is 0.000000191. The summed E-state index contributed by atoms with van der Waals surface area (Å²) in [7, 11) is -2.85. The van der Waals surface area contributed by atoms with E-state index >= 15 is 0 Å². The molecule has 0 amide bonds. The van der Waals surface area contributed by atoms with Crippen molar-refractivity contribution in [2.45, 2.75) is 58.5 Å². The first kappa shape index (κ1) is 26.0. The summed E-state index contributed by atoms with van der Waals surface area (Å²) in [5.74, 6) is 0.341. The molecule has 0 N–H and O–H groups in total. The molecule has 1 fully saturated rings. The van der Waals surface area contributed by atoms with Crippen LogP contribution in [-0.4, -0.2) is 31.5 Å². The summed E-state index contributed by atoms with van der Waals surface area (Å²) >= 11 is 0. The lowest BCUT2D eigenvalue weighted by Crippen LogP contribution is -2.50. The third-order valence-electron chi connectivity index (χ3n) is 8.15. The largest absolute Gasteiger partial charge is 0.860 e. The van der Waals surface area contributed by atoms with E-state index in [4.69, 9.17) is 4.65 Å². The highest BCUT2D eigenvalue weighted by Gasteiger charge is 2.40. The lowest BCUT2D eigenvalue weighted by molar-refractivity contribution is -0.372. The van der Waals surface area contributed by atoms with Crippen LogP contribution in [0.2, 0.25) is 0 Å². The van der Waals surface area contributed by atoms with Crippen molar-refractivity contribution in [3.63, 3.8) is 0 Å². The molecule has 0 bridgehead atoms. The van der Waals surface area contributed by atoms with Gasteiger partial charge in [0.1, 0.15) is 13.1 Å². The molecule has 0 unspecified atom stereocenters. The molecule has 5 rings (SSSR count). The molecule has 4 aromatic carbocycles. The van der Waals surface area contributed by atoms with E-state index in [1.807, 2.05) is 36.4 Å². The lowest BCUT2D eigenvalue weighted by Gasteiger charge is -2.35. The zero-order valence-corrected chi connectivity index (χ0v) is 22.2. The van der Waals surface area contributed by atoms with E-state index in [9.17, 15) is 10.0 Å². The van der Waals surface area contributed by atoms with E-state index in [2.05, 4.69) is 39.0 Å². The van der Waals surface area contributed by atoms with E-state index in [1.54, 1.807) is 25.0 Å². The number of fused-ring (bicyclic) bond motifs is 4. The Bertz CT molecular complexity index is 1250. The van der Waals surface area contributed by atoms with Gasteiger partial charge in [0.25, 0.3) is 0 Å². The fourth-order valence-electron chi connectivity index (χ4n) is 6.04. The maximum atomic E-state index is 10.9. The minimum Gasteiger partial charge on any atom is -0.860 e. The van der Waals surface area contributed by atoms with Gasteiger partial charge in [-0.2, -0.15) is 0 Å². The highest BCUT2D eigenvalue weighted by atomic mass is 31.2. The molecule has 3 nitrogen and oxygen atoms in total. The fourth-order valence-corrected chi connectivity index (χ4v) is 10.4. The first-order valence-corrected chi connectivity index (χ1v) is 15.6. The Morgan fingerprint density at radius 2 is 1.34 bits per heavy atom.